The Balaban J connectivity index is 2.40. The van der Waals surface area contributed by atoms with Gasteiger partial charge in [0.15, 0.2) is 11.5 Å². The number of benzene rings is 1. The zero-order valence-electron chi connectivity index (χ0n) is 13.2. The molecule has 1 aliphatic heterocycles. The third kappa shape index (κ3) is 2.38. The molecule has 0 spiro atoms. The third-order valence-electron chi connectivity index (χ3n) is 3.88. The van der Waals surface area contributed by atoms with Gasteiger partial charge in [-0.2, -0.15) is 0 Å². The predicted molar refractivity (Wildman–Crippen MR) is 83.7 cm³/mol. The van der Waals surface area contributed by atoms with Gasteiger partial charge in [0.1, 0.15) is 5.58 Å². The van der Waals surface area contributed by atoms with E-state index < -0.39 is 5.63 Å². The summed E-state index contributed by atoms with van der Waals surface area (Å²) in [5, 5.41) is 0.514. The molecule has 1 aromatic carbocycles. The van der Waals surface area contributed by atoms with Crippen molar-refractivity contribution >= 4 is 22.6 Å². The maximum atomic E-state index is 12.1. The number of carbonyl (C=O) groups excluding carboxylic acids is 1. The molecular formula is C16H17NO6. The van der Waals surface area contributed by atoms with Gasteiger partial charge in [-0.15, -0.1) is 0 Å². The van der Waals surface area contributed by atoms with Crippen molar-refractivity contribution in [2.24, 2.45) is 0 Å². The lowest BCUT2D eigenvalue weighted by Crippen LogP contribution is -2.25. The fourth-order valence-electron chi connectivity index (χ4n) is 2.89. The molecule has 1 aliphatic rings. The number of rotatable bonds is 4. The SMILES string of the molecule is COc1cc2oc(=O)cc(N3CCCC3=O)c2c(OC)c1OC. The Morgan fingerprint density at radius 3 is 2.35 bits per heavy atom. The molecule has 1 aromatic heterocycles. The molecule has 1 amide bonds. The van der Waals surface area contributed by atoms with Crippen molar-refractivity contribution in [2.75, 3.05) is 32.8 Å². The highest BCUT2D eigenvalue weighted by Gasteiger charge is 2.28. The summed E-state index contributed by atoms with van der Waals surface area (Å²) in [6, 6.07) is 2.86. The lowest BCUT2D eigenvalue weighted by molar-refractivity contribution is -0.117. The molecule has 0 bridgehead atoms. The highest BCUT2D eigenvalue weighted by atomic mass is 16.5. The summed E-state index contributed by atoms with van der Waals surface area (Å²) in [5.41, 5.74) is 0.208. The molecule has 0 radical (unpaired) electrons. The number of ether oxygens (including phenoxy) is 3. The number of methoxy groups -OCH3 is 3. The van der Waals surface area contributed by atoms with Gasteiger partial charge in [0.2, 0.25) is 11.7 Å². The smallest absolute Gasteiger partial charge is 0.338 e. The van der Waals surface area contributed by atoms with Crippen LogP contribution in [0.5, 0.6) is 17.2 Å². The van der Waals surface area contributed by atoms with Crippen LogP contribution < -0.4 is 24.7 Å². The Morgan fingerprint density at radius 1 is 1.04 bits per heavy atom. The summed E-state index contributed by atoms with van der Waals surface area (Å²) in [5.74, 6) is 1.09. The van der Waals surface area contributed by atoms with Crippen molar-refractivity contribution in [2.45, 2.75) is 12.8 Å². The topological polar surface area (TPSA) is 78.2 Å². The number of carbonyl (C=O) groups is 1. The molecule has 3 rings (SSSR count). The molecule has 2 aromatic rings. The zero-order valence-corrected chi connectivity index (χ0v) is 13.2. The number of hydrogen-bond donors (Lipinski definition) is 0. The summed E-state index contributed by atoms with van der Waals surface area (Å²) in [7, 11) is 4.46. The van der Waals surface area contributed by atoms with Crippen LogP contribution in [0.25, 0.3) is 11.0 Å². The molecule has 7 heteroatoms. The lowest BCUT2D eigenvalue weighted by atomic mass is 10.1. The molecule has 1 fully saturated rings. The fraction of sp³-hybridized carbons (Fsp3) is 0.375. The zero-order chi connectivity index (χ0) is 16.6. The Labute approximate surface area is 132 Å². The predicted octanol–water partition coefficient (Wildman–Crippen LogP) is 1.95. The molecule has 2 heterocycles. The van der Waals surface area contributed by atoms with E-state index in [1.54, 1.807) is 11.0 Å². The summed E-state index contributed by atoms with van der Waals surface area (Å²) < 4.78 is 21.4. The van der Waals surface area contributed by atoms with Gasteiger partial charge in [-0.1, -0.05) is 0 Å². The van der Waals surface area contributed by atoms with E-state index in [2.05, 4.69) is 0 Å². The van der Waals surface area contributed by atoms with E-state index in [4.69, 9.17) is 18.6 Å². The Bertz CT molecular complexity index is 825. The first kappa shape index (κ1) is 15.2. The standard InChI is InChI=1S/C16H17NO6/c1-20-11-8-10-14(16(22-3)15(11)21-2)9(7-13(19)23-10)17-6-4-5-12(17)18/h7-8H,4-6H2,1-3H3. The largest absolute Gasteiger partial charge is 0.493 e. The monoisotopic (exact) mass is 319 g/mol. The van der Waals surface area contributed by atoms with Crippen LogP contribution in [0.3, 0.4) is 0 Å². The van der Waals surface area contributed by atoms with Crippen LogP contribution in [0.4, 0.5) is 5.69 Å². The molecular weight excluding hydrogens is 302 g/mol. The summed E-state index contributed by atoms with van der Waals surface area (Å²) in [6.45, 7) is 0.550. The van der Waals surface area contributed by atoms with Crippen molar-refractivity contribution in [1.29, 1.82) is 0 Å². The normalized spacial score (nSPS) is 14.4. The number of anilines is 1. The summed E-state index contributed by atoms with van der Waals surface area (Å²) in [6.07, 6.45) is 1.20. The van der Waals surface area contributed by atoms with Crippen LogP contribution in [0.1, 0.15) is 12.8 Å². The number of amides is 1. The first-order chi connectivity index (χ1) is 11.1. The second-order valence-electron chi connectivity index (χ2n) is 5.12. The minimum absolute atomic E-state index is 0.0336. The maximum absolute atomic E-state index is 12.1. The van der Waals surface area contributed by atoms with E-state index in [1.807, 2.05) is 0 Å². The van der Waals surface area contributed by atoms with Crippen LogP contribution in [-0.4, -0.2) is 33.8 Å². The second-order valence-corrected chi connectivity index (χ2v) is 5.12. The molecule has 122 valence electrons. The van der Waals surface area contributed by atoms with Crippen LogP contribution in [0.15, 0.2) is 21.3 Å². The van der Waals surface area contributed by atoms with Gasteiger partial charge in [-0.25, -0.2) is 4.79 Å². The van der Waals surface area contributed by atoms with Gasteiger partial charge < -0.3 is 23.5 Å². The van der Waals surface area contributed by atoms with Gasteiger partial charge in [-0.3, -0.25) is 4.79 Å². The van der Waals surface area contributed by atoms with Gasteiger partial charge in [0, 0.05) is 25.1 Å². The van der Waals surface area contributed by atoms with E-state index in [-0.39, 0.29) is 11.5 Å². The minimum atomic E-state index is -0.540. The third-order valence-corrected chi connectivity index (χ3v) is 3.88. The second kappa shape index (κ2) is 5.83. The average Bonchev–Trinajstić information content (AvgIpc) is 2.97. The van der Waals surface area contributed by atoms with Gasteiger partial charge in [0.25, 0.3) is 0 Å². The molecule has 0 aliphatic carbocycles. The van der Waals surface area contributed by atoms with E-state index >= 15 is 0 Å². The summed E-state index contributed by atoms with van der Waals surface area (Å²) >= 11 is 0. The van der Waals surface area contributed by atoms with Crippen LogP contribution >= 0.6 is 0 Å². The number of fused-ring (bicyclic) bond motifs is 1. The van der Waals surface area contributed by atoms with Crippen molar-refractivity contribution < 1.29 is 23.4 Å². The first-order valence-electron chi connectivity index (χ1n) is 7.18. The van der Waals surface area contributed by atoms with E-state index in [0.29, 0.717) is 41.3 Å². The summed E-state index contributed by atoms with van der Waals surface area (Å²) in [4.78, 5) is 25.6. The molecule has 1 saturated heterocycles. The van der Waals surface area contributed by atoms with E-state index in [9.17, 15) is 9.59 Å². The van der Waals surface area contributed by atoms with Gasteiger partial charge >= 0.3 is 5.63 Å². The highest BCUT2D eigenvalue weighted by molar-refractivity contribution is 6.06. The Hall–Kier alpha value is -2.70. The van der Waals surface area contributed by atoms with Crippen LogP contribution in [0.2, 0.25) is 0 Å². The van der Waals surface area contributed by atoms with Crippen molar-refractivity contribution in [3.8, 4) is 17.2 Å². The lowest BCUT2D eigenvalue weighted by Gasteiger charge is -2.20. The number of nitrogens with zero attached hydrogens (tertiary/aromatic N) is 1. The Morgan fingerprint density at radius 2 is 1.78 bits per heavy atom. The fourth-order valence-corrected chi connectivity index (χ4v) is 2.89. The van der Waals surface area contributed by atoms with Crippen molar-refractivity contribution in [3.05, 3.63) is 22.6 Å². The quantitative estimate of drug-likeness (QED) is 0.802. The minimum Gasteiger partial charge on any atom is -0.493 e. The number of hydrogen-bond acceptors (Lipinski definition) is 6. The van der Waals surface area contributed by atoms with Gasteiger partial charge in [-0.05, 0) is 6.42 Å². The molecule has 0 saturated carbocycles. The maximum Gasteiger partial charge on any atom is 0.338 e. The average molecular weight is 319 g/mol. The Kier molecular flexibility index (Phi) is 3.85. The van der Waals surface area contributed by atoms with Crippen molar-refractivity contribution in [1.82, 2.24) is 0 Å². The van der Waals surface area contributed by atoms with Crippen molar-refractivity contribution in [3.63, 3.8) is 0 Å². The molecule has 7 nitrogen and oxygen atoms in total. The molecule has 0 unspecified atom stereocenters. The molecule has 0 N–H and O–H groups in total. The van der Waals surface area contributed by atoms with Gasteiger partial charge in [0.05, 0.1) is 32.4 Å². The molecule has 23 heavy (non-hydrogen) atoms. The first-order valence-corrected chi connectivity index (χ1v) is 7.18. The highest BCUT2D eigenvalue weighted by Crippen LogP contribution is 2.46. The van der Waals surface area contributed by atoms with E-state index in [1.165, 1.54) is 27.4 Å². The van der Waals surface area contributed by atoms with Crippen LogP contribution in [0, 0.1) is 0 Å². The molecule has 0 atom stereocenters. The van der Waals surface area contributed by atoms with E-state index in [0.717, 1.165) is 6.42 Å². The van der Waals surface area contributed by atoms with Crippen LogP contribution in [-0.2, 0) is 4.79 Å².